The van der Waals surface area contributed by atoms with Crippen molar-refractivity contribution in [3.63, 3.8) is 0 Å². The lowest BCUT2D eigenvalue weighted by Crippen LogP contribution is -2.01. The molecule has 0 saturated carbocycles. The first kappa shape index (κ1) is 16.0. The van der Waals surface area contributed by atoms with Crippen molar-refractivity contribution in [3.8, 4) is 11.3 Å². The van der Waals surface area contributed by atoms with Gasteiger partial charge in [0, 0.05) is 5.56 Å². The van der Waals surface area contributed by atoms with Crippen LogP contribution in [0, 0.1) is 9.49 Å². The van der Waals surface area contributed by atoms with Crippen LogP contribution >= 0.6 is 46.0 Å². The van der Waals surface area contributed by atoms with Crippen LogP contribution < -0.4 is 0 Å². The summed E-state index contributed by atoms with van der Waals surface area (Å²) >= 11 is 10.3. The lowest BCUT2D eigenvalue weighted by atomic mass is 10.1. The van der Waals surface area contributed by atoms with Crippen molar-refractivity contribution in [2.24, 2.45) is 5.92 Å². The van der Waals surface area contributed by atoms with Gasteiger partial charge in [0.15, 0.2) is 0 Å². The molecule has 0 amide bonds. The van der Waals surface area contributed by atoms with Gasteiger partial charge in [-0.15, -0.1) is 0 Å². The number of nitrogens with zero attached hydrogens (tertiary/aromatic N) is 2. The van der Waals surface area contributed by atoms with Gasteiger partial charge in [0.2, 0.25) is 0 Å². The molecule has 0 N–H and O–H groups in total. The third-order valence-electron chi connectivity index (χ3n) is 2.59. The van der Waals surface area contributed by atoms with Crippen molar-refractivity contribution in [1.82, 2.24) is 9.97 Å². The van der Waals surface area contributed by atoms with Crippen molar-refractivity contribution in [2.75, 3.05) is 5.75 Å². The first-order valence-corrected chi connectivity index (χ1v) is 9.04. The van der Waals surface area contributed by atoms with E-state index in [1.807, 2.05) is 42.1 Å². The van der Waals surface area contributed by atoms with E-state index in [-0.39, 0.29) is 0 Å². The molecule has 0 aliphatic rings. The first-order chi connectivity index (χ1) is 9.58. The van der Waals surface area contributed by atoms with Crippen LogP contribution in [-0.2, 0) is 5.75 Å². The maximum absolute atomic E-state index is 6.24. The highest BCUT2D eigenvalue weighted by molar-refractivity contribution is 14.1. The minimum atomic E-state index is 0.541. The third kappa shape index (κ3) is 4.33. The lowest BCUT2D eigenvalue weighted by Gasteiger charge is -2.09. The first-order valence-electron chi connectivity index (χ1n) is 6.43. The molecule has 0 bridgehead atoms. The molecule has 0 unspecified atom stereocenters. The molecule has 0 aliphatic carbocycles. The molecule has 2 aromatic rings. The monoisotopic (exact) mass is 418 g/mol. The number of aromatic nitrogens is 2. The molecule has 2 nitrogen and oxygen atoms in total. The van der Waals surface area contributed by atoms with Gasteiger partial charge < -0.3 is 0 Å². The van der Waals surface area contributed by atoms with Crippen LogP contribution in [-0.4, -0.2) is 15.7 Å². The normalized spacial score (nSPS) is 11.1. The van der Waals surface area contributed by atoms with Crippen LogP contribution in [0.25, 0.3) is 11.3 Å². The van der Waals surface area contributed by atoms with Crippen LogP contribution in [0.3, 0.4) is 0 Å². The minimum Gasteiger partial charge on any atom is -0.231 e. The largest absolute Gasteiger partial charge is 0.231 e. The van der Waals surface area contributed by atoms with Gasteiger partial charge in [0.25, 0.3) is 0 Å². The van der Waals surface area contributed by atoms with Gasteiger partial charge in [-0.3, -0.25) is 0 Å². The molecule has 2 rings (SSSR count). The molecule has 1 aromatic heterocycles. The summed E-state index contributed by atoms with van der Waals surface area (Å²) in [5.74, 6) is 3.38. The lowest BCUT2D eigenvalue weighted by molar-refractivity contribution is 0.750. The molecular weight excluding hydrogens is 403 g/mol. The second-order valence-corrected chi connectivity index (χ2v) is 7.34. The highest BCUT2D eigenvalue weighted by Crippen LogP contribution is 2.28. The number of thioether (sulfide) groups is 1. The quantitative estimate of drug-likeness (QED) is 0.487. The van der Waals surface area contributed by atoms with E-state index in [1.165, 1.54) is 0 Å². The van der Waals surface area contributed by atoms with Gasteiger partial charge in [-0.2, -0.15) is 11.8 Å². The number of hydrogen-bond acceptors (Lipinski definition) is 3. The van der Waals surface area contributed by atoms with Crippen molar-refractivity contribution >= 4 is 46.0 Å². The summed E-state index contributed by atoms with van der Waals surface area (Å²) in [6.45, 7) is 4.42. The average molecular weight is 419 g/mol. The van der Waals surface area contributed by atoms with Crippen LogP contribution in [0.2, 0.25) is 5.15 Å². The fourth-order valence-corrected chi connectivity index (χ4v) is 3.34. The zero-order chi connectivity index (χ0) is 14.5. The predicted molar refractivity (Wildman–Crippen MR) is 96.2 cm³/mol. The Kier molecular flexibility index (Phi) is 6.11. The topological polar surface area (TPSA) is 25.8 Å². The van der Waals surface area contributed by atoms with Gasteiger partial charge in [-0.25, -0.2) is 9.97 Å². The molecule has 1 aromatic carbocycles. The summed E-state index contributed by atoms with van der Waals surface area (Å²) in [5.41, 5.74) is 2.00. The van der Waals surface area contributed by atoms with E-state index in [0.29, 0.717) is 11.1 Å². The molecule has 20 heavy (non-hydrogen) atoms. The van der Waals surface area contributed by atoms with Crippen LogP contribution in [0.1, 0.15) is 19.7 Å². The fraction of sp³-hybridized carbons (Fsp3) is 0.333. The summed E-state index contributed by atoms with van der Waals surface area (Å²) in [6.07, 6.45) is 0. The van der Waals surface area contributed by atoms with Gasteiger partial charge >= 0.3 is 0 Å². The summed E-state index contributed by atoms with van der Waals surface area (Å²) in [7, 11) is 0. The predicted octanol–water partition coefficient (Wildman–Crippen LogP) is 5.29. The van der Waals surface area contributed by atoms with E-state index < -0.39 is 0 Å². The summed E-state index contributed by atoms with van der Waals surface area (Å²) in [5, 5.41) is 0.541. The summed E-state index contributed by atoms with van der Waals surface area (Å²) in [6, 6.07) is 10.1. The fourth-order valence-electron chi connectivity index (χ4n) is 1.70. The molecule has 0 atom stereocenters. The van der Waals surface area contributed by atoms with E-state index in [0.717, 1.165) is 32.2 Å². The highest BCUT2D eigenvalue weighted by atomic mass is 127. The van der Waals surface area contributed by atoms with E-state index in [1.54, 1.807) is 0 Å². The maximum atomic E-state index is 6.24. The number of hydrogen-bond donors (Lipinski definition) is 0. The molecule has 0 aliphatic heterocycles. The van der Waals surface area contributed by atoms with E-state index in [4.69, 9.17) is 11.6 Å². The molecule has 0 fully saturated rings. The Morgan fingerprint density at radius 3 is 2.55 bits per heavy atom. The van der Waals surface area contributed by atoms with Crippen LogP contribution in [0.5, 0.6) is 0 Å². The molecule has 106 valence electrons. The third-order valence-corrected chi connectivity index (χ3v) is 5.57. The second kappa shape index (κ2) is 7.61. The molecule has 0 radical (unpaired) electrons. The zero-order valence-corrected chi connectivity index (χ0v) is 15.2. The Labute approximate surface area is 142 Å². The Balaban J connectivity index is 2.26. The Morgan fingerprint density at radius 1 is 1.20 bits per heavy atom. The standard InChI is InChI=1S/C15H16ClIN2S/c1-10(2)8-20-9-12-18-14(13(17)15(16)19-12)11-6-4-3-5-7-11/h3-7,10H,8-9H2,1-2H3. The van der Waals surface area contributed by atoms with Crippen LogP contribution in [0.4, 0.5) is 0 Å². The number of rotatable bonds is 5. The second-order valence-electron chi connectivity index (χ2n) is 4.87. The maximum Gasteiger partial charge on any atom is 0.146 e. The van der Waals surface area contributed by atoms with E-state index in [9.17, 15) is 0 Å². The zero-order valence-electron chi connectivity index (χ0n) is 11.4. The SMILES string of the molecule is CC(C)CSCc1nc(Cl)c(I)c(-c2ccccc2)n1. The van der Waals surface area contributed by atoms with Crippen molar-refractivity contribution in [2.45, 2.75) is 19.6 Å². The van der Waals surface area contributed by atoms with Crippen molar-refractivity contribution < 1.29 is 0 Å². The Morgan fingerprint density at radius 2 is 1.90 bits per heavy atom. The minimum absolute atomic E-state index is 0.541. The molecule has 5 heteroatoms. The van der Waals surface area contributed by atoms with Crippen LogP contribution in [0.15, 0.2) is 30.3 Å². The Bertz CT molecular complexity index is 576. The summed E-state index contributed by atoms with van der Waals surface area (Å²) < 4.78 is 0.910. The number of benzene rings is 1. The van der Waals surface area contributed by atoms with E-state index in [2.05, 4.69) is 46.4 Å². The highest BCUT2D eigenvalue weighted by Gasteiger charge is 2.12. The van der Waals surface area contributed by atoms with Gasteiger partial charge in [0.05, 0.1) is 15.0 Å². The summed E-state index contributed by atoms with van der Waals surface area (Å²) in [4.78, 5) is 9.06. The van der Waals surface area contributed by atoms with Crippen molar-refractivity contribution in [1.29, 1.82) is 0 Å². The van der Waals surface area contributed by atoms with Gasteiger partial charge in [-0.1, -0.05) is 55.8 Å². The smallest absolute Gasteiger partial charge is 0.146 e. The van der Waals surface area contributed by atoms with Gasteiger partial charge in [-0.05, 0) is 34.3 Å². The molecule has 0 spiro atoms. The van der Waals surface area contributed by atoms with E-state index >= 15 is 0 Å². The number of halogens is 2. The molecule has 1 heterocycles. The molecule has 0 saturated heterocycles. The average Bonchev–Trinajstić information content (AvgIpc) is 2.43. The van der Waals surface area contributed by atoms with Crippen molar-refractivity contribution in [3.05, 3.63) is 44.9 Å². The Hall–Kier alpha value is -0.330. The molecular formula is C15H16ClIN2S. The van der Waals surface area contributed by atoms with Gasteiger partial charge in [0.1, 0.15) is 11.0 Å².